The number of nitrogens with zero attached hydrogens (tertiary/aromatic N) is 3. The van der Waals surface area contributed by atoms with Gasteiger partial charge in [-0.25, -0.2) is 13.9 Å². The highest BCUT2D eigenvalue weighted by Gasteiger charge is 2.25. The molecule has 0 amide bonds. The lowest BCUT2D eigenvalue weighted by atomic mass is 10.2. The quantitative estimate of drug-likeness (QED) is 0.826. The fourth-order valence-corrected chi connectivity index (χ4v) is 3.76. The Morgan fingerprint density at radius 1 is 1.48 bits per heavy atom. The molecule has 0 fully saturated rings. The highest BCUT2D eigenvalue weighted by molar-refractivity contribution is 9.10. The second-order valence-corrected chi connectivity index (χ2v) is 6.26. The number of nitrogens with one attached hydrogen (secondary N) is 1. The Morgan fingerprint density at radius 2 is 2.14 bits per heavy atom. The summed E-state index contributed by atoms with van der Waals surface area (Å²) in [5.41, 5.74) is -0.776. The summed E-state index contributed by atoms with van der Waals surface area (Å²) in [7, 11) is -2.79. The van der Waals surface area contributed by atoms with Gasteiger partial charge in [-0.15, -0.1) is 5.10 Å². The molecule has 8 nitrogen and oxygen atoms in total. The maximum absolute atomic E-state index is 13.1. The van der Waals surface area contributed by atoms with Gasteiger partial charge in [-0.2, -0.15) is 8.42 Å². The number of carboxylic acids is 1. The second-order valence-electron chi connectivity index (χ2n) is 3.91. The molecule has 0 radical (unpaired) electrons. The molecule has 112 valence electrons. The molecule has 2 N–H and O–H groups in total. The number of benzene rings is 1. The van der Waals surface area contributed by atoms with Crippen LogP contribution in [0.3, 0.4) is 0 Å². The molecule has 11 heteroatoms. The van der Waals surface area contributed by atoms with Crippen molar-refractivity contribution in [3.63, 3.8) is 0 Å². The zero-order valence-corrected chi connectivity index (χ0v) is 12.8. The van der Waals surface area contributed by atoms with Gasteiger partial charge in [-0.1, -0.05) is 5.21 Å². The SMILES string of the molecule is Cn1nnc(Br)c1S(=O)(=O)Nc1ccc(F)cc1C(=O)O. The first-order chi connectivity index (χ1) is 9.72. The van der Waals surface area contributed by atoms with E-state index in [1.54, 1.807) is 0 Å². The van der Waals surface area contributed by atoms with Gasteiger partial charge in [0.2, 0.25) is 5.03 Å². The van der Waals surface area contributed by atoms with Crippen LogP contribution in [0.25, 0.3) is 0 Å². The molecule has 0 spiro atoms. The van der Waals surface area contributed by atoms with E-state index in [9.17, 15) is 17.6 Å². The van der Waals surface area contributed by atoms with Crippen LogP contribution in [0.15, 0.2) is 27.8 Å². The Labute approximate surface area is 126 Å². The molecule has 0 aliphatic carbocycles. The number of hydrogen-bond acceptors (Lipinski definition) is 5. The second kappa shape index (κ2) is 5.41. The number of sulfonamides is 1. The minimum Gasteiger partial charge on any atom is -0.478 e. The predicted octanol–water partition coefficient (Wildman–Crippen LogP) is 1.22. The van der Waals surface area contributed by atoms with E-state index >= 15 is 0 Å². The molecule has 0 bridgehead atoms. The molecule has 1 aromatic carbocycles. The number of aromatic carboxylic acids is 1. The Kier molecular flexibility index (Phi) is 3.96. The lowest BCUT2D eigenvalue weighted by molar-refractivity contribution is 0.0697. The maximum Gasteiger partial charge on any atom is 0.337 e. The van der Waals surface area contributed by atoms with Crippen molar-refractivity contribution < 1.29 is 22.7 Å². The van der Waals surface area contributed by atoms with Gasteiger partial charge in [0.15, 0.2) is 4.60 Å². The predicted molar refractivity (Wildman–Crippen MR) is 72.9 cm³/mol. The summed E-state index contributed by atoms with van der Waals surface area (Å²) in [5.74, 6) is -2.26. The topological polar surface area (TPSA) is 114 Å². The monoisotopic (exact) mass is 378 g/mol. The van der Waals surface area contributed by atoms with E-state index in [0.29, 0.717) is 0 Å². The molecule has 1 aromatic heterocycles. The van der Waals surface area contributed by atoms with Crippen LogP contribution in [-0.4, -0.2) is 34.5 Å². The van der Waals surface area contributed by atoms with Gasteiger partial charge in [-0.3, -0.25) is 4.72 Å². The van der Waals surface area contributed by atoms with Crippen molar-refractivity contribution in [1.82, 2.24) is 15.0 Å². The number of halogens is 2. The zero-order valence-electron chi connectivity index (χ0n) is 10.4. The minimum absolute atomic E-state index is 0.0310. The fourth-order valence-electron chi connectivity index (χ4n) is 1.58. The normalized spacial score (nSPS) is 11.4. The Hall–Kier alpha value is -2.01. The third-order valence-corrected chi connectivity index (χ3v) is 4.70. The van der Waals surface area contributed by atoms with Gasteiger partial charge >= 0.3 is 5.97 Å². The van der Waals surface area contributed by atoms with Crippen LogP contribution in [0, 0.1) is 5.82 Å². The molecule has 1 heterocycles. The summed E-state index contributed by atoms with van der Waals surface area (Å²) in [6, 6.07) is 2.69. The van der Waals surface area contributed by atoms with Crippen molar-refractivity contribution in [2.75, 3.05) is 4.72 Å². The average Bonchev–Trinajstić information content (AvgIpc) is 2.71. The standard InChI is InChI=1S/C10H8BrFN4O4S/c1-16-9(8(11)13-15-16)21(19,20)14-7-3-2-5(12)4-6(7)10(17)18/h2-4,14H,1H3,(H,17,18). The van der Waals surface area contributed by atoms with E-state index < -0.39 is 27.4 Å². The van der Waals surface area contributed by atoms with Crippen molar-refractivity contribution in [1.29, 1.82) is 0 Å². The van der Waals surface area contributed by atoms with Crippen LogP contribution in [0.2, 0.25) is 0 Å². The van der Waals surface area contributed by atoms with E-state index in [2.05, 4.69) is 31.0 Å². The number of rotatable bonds is 4. The van der Waals surface area contributed by atoms with Gasteiger partial charge in [0, 0.05) is 7.05 Å². The van der Waals surface area contributed by atoms with Crippen molar-refractivity contribution in [3.05, 3.63) is 34.2 Å². The highest BCUT2D eigenvalue weighted by Crippen LogP contribution is 2.24. The Morgan fingerprint density at radius 3 is 2.67 bits per heavy atom. The van der Waals surface area contributed by atoms with E-state index in [-0.39, 0.29) is 15.3 Å². The molecule has 0 aliphatic heterocycles. The Balaban J connectivity index is 2.50. The molecule has 0 saturated carbocycles. The van der Waals surface area contributed by atoms with Crippen molar-refractivity contribution >= 4 is 37.6 Å². The minimum atomic E-state index is -4.14. The Bertz CT molecular complexity index is 801. The molecule has 0 saturated heterocycles. The third-order valence-electron chi connectivity index (χ3n) is 2.45. The number of aryl methyl sites for hydroxylation is 1. The summed E-state index contributed by atoms with van der Waals surface area (Å²) in [6.45, 7) is 0. The van der Waals surface area contributed by atoms with Crippen LogP contribution in [-0.2, 0) is 17.1 Å². The molecule has 21 heavy (non-hydrogen) atoms. The first kappa shape index (κ1) is 15.4. The molecule has 0 unspecified atom stereocenters. The van der Waals surface area contributed by atoms with Crippen LogP contribution >= 0.6 is 15.9 Å². The van der Waals surface area contributed by atoms with Gasteiger partial charge in [-0.05, 0) is 34.1 Å². The zero-order chi connectivity index (χ0) is 15.8. The van der Waals surface area contributed by atoms with Crippen molar-refractivity contribution in [3.8, 4) is 0 Å². The number of aromatic nitrogens is 3. The van der Waals surface area contributed by atoms with Gasteiger partial charge in [0.1, 0.15) is 5.82 Å². The number of carboxylic acid groups (broad SMARTS) is 1. The van der Waals surface area contributed by atoms with Crippen LogP contribution < -0.4 is 4.72 Å². The number of anilines is 1. The maximum atomic E-state index is 13.1. The van der Waals surface area contributed by atoms with Crippen LogP contribution in [0.1, 0.15) is 10.4 Å². The summed E-state index contributed by atoms with van der Waals surface area (Å²) in [5, 5.41) is 15.7. The summed E-state index contributed by atoms with van der Waals surface area (Å²) in [6.07, 6.45) is 0. The highest BCUT2D eigenvalue weighted by atomic mass is 79.9. The number of carbonyl (C=O) groups is 1. The lowest BCUT2D eigenvalue weighted by Crippen LogP contribution is -2.19. The average molecular weight is 379 g/mol. The van der Waals surface area contributed by atoms with Gasteiger partial charge in [0.25, 0.3) is 10.0 Å². The fraction of sp³-hybridized carbons (Fsp3) is 0.100. The van der Waals surface area contributed by atoms with E-state index in [4.69, 9.17) is 5.11 Å². The smallest absolute Gasteiger partial charge is 0.337 e. The third kappa shape index (κ3) is 3.03. The molecule has 2 aromatic rings. The van der Waals surface area contributed by atoms with Crippen molar-refractivity contribution in [2.24, 2.45) is 7.05 Å². The first-order valence-electron chi connectivity index (χ1n) is 5.33. The van der Waals surface area contributed by atoms with Gasteiger partial charge in [0.05, 0.1) is 11.3 Å². The number of hydrogen-bond donors (Lipinski definition) is 2. The molecular weight excluding hydrogens is 371 g/mol. The van der Waals surface area contributed by atoms with E-state index in [1.807, 2.05) is 0 Å². The van der Waals surface area contributed by atoms with E-state index in [1.165, 1.54) is 7.05 Å². The van der Waals surface area contributed by atoms with Crippen molar-refractivity contribution in [2.45, 2.75) is 5.03 Å². The molecule has 0 atom stereocenters. The lowest BCUT2D eigenvalue weighted by Gasteiger charge is -2.10. The summed E-state index contributed by atoms with van der Waals surface area (Å²) < 4.78 is 40.6. The molecule has 2 rings (SSSR count). The largest absolute Gasteiger partial charge is 0.478 e. The molecule has 0 aliphatic rings. The van der Waals surface area contributed by atoms with Crippen LogP contribution in [0.5, 0.6) is 0 Å². The van der Waals surface area contributed by atoms with Gasteiger partial charge < -0.3 is 5.11 Å². The molecular formula is C10H8BrFN4O4S. The summed E-state index contributed by atoms with van der Waals surface area (Å²) in [4.78, 5) is 11.0. The van der Waals surface area contributed by atoms with Crippen LogP contribution in [0.4, 0.5) is 10.1 Å². The van der Waals surface area contributed by atoms with E-state index in [0.717, 1.165) is 22.9 Å². The first-order valence-corrected chi connectivity index (χ1v) is 7.61. The summed E-state index contributed by atoms with van der Waals surface area (Å²) >= 11 is 2.94.